The topological polar surface area (TPSA) is 38.0 Å². The van der Waals surface area contributed by atoms with Crippen molar-refractivity contribution < 1.29 is 9.50 Å². The molecule has 1 aromatic heterocycles. The van der Waals surface area contributed by atoms with Gasteiger partial charge in [0.2, 0.25) is 0 Å². The Morgan fingerprint density at radius 2 is 2.12 bits per heavy atom. The number of imidazole rings is 1. The summed E-state index contributed by atoms with van der Waals surface area (Å²) in [6.07, 6.45) is 4.79. The van der Waals surface area contributed by atoms with Crippen molar-refractivity contribution in [3.8, 4) is 5.69 Å². The molecule has 4 heteroatoms. The Morgan fingerprint density at radius 1 is 1.38 bits per heavy atom. The van der Waals surface area contributed by atoms with Crippen molar-refractivity contribution in [2.45, 2.75) is 19.4 Å². The normalized spacial score (nSPS) is 11.8. The second-order valence-electron chi connectivity index (χ2n) is 4.20. The van der Waals surface area contributed by atoms with Crippen molar-refractivity contribution in [3.63, 3.8) is 0 Å². The molecule has 0 aliphatic heterocycles. The molecule has 1 aromatic carbocycles. The minimum absolute atomic E-state index is 0.377. The molecule has 0 atom stereocenters. The Hall–Kier alpha value is -1.68. The Kier molecular flexibility index (Phi) is 2.52. The van der Waals surface area contributed by atoms with E-state index in [2.05, 4.69) is 4.98 Å². The van der Waals surface area contributed by atoms with E-state index >= 15 is 0 Å². The van der Waals surface area contributed by atoms with Gasteiger partial charge in [0.05, 0.1) is 17.6 Å². The fraction of sp³-hybridized carbons (Fsp3) is 0.250. The lowest BCUT2D eigenvalue weighted by Crippen LogP contribution is -2.16. The standard InChI is InChI=1S/C12H13FN2O/c1-12(2,16)9-3-4-11(10(13)7-9)15-6-5-14-8-15/h3-8,16H,1-2H3. The highest BCUT2D eigenvalue weighted by Crippen LogP contribution is 2.23. The molecule has 2 rings (SSSR count). The maximum atomic E-state index is 13.8. The first-order valence-electron chi connectivity index (χ1n) is 4.99. The molecule has 1 heterocycles. The quantitative estimate of drug-likeness (QED) is 0.842. The van der Waals surface area contributed by atoms with Crippen LogP contribution in [0.4, 0.5) is 4.39 Å². The first-order valence-corrected chi connectivity index (χ1v) is 4.99. The van der Waals surface area contributed by atoms with Crippen molar-refractivity contribution in [2.24, 2.45) is 0 Å². The van der Waals surface area contributed by atoms with Crippen molar-refractivity contribution in [3.05, 3.63) is 48.3 Å². The number of aliphatic hydroxyl groups is 1. The number of nitrogens with zero attached hydrogens (tertiary/aromatic N) is 2. The second-order valence-corrected chi connectivity index (χ2v) is 4.20. The van der Waals surface area contributed by atoms with Crippen LogP contribution in [0.2, 0.25) is 0 Å². The predicted molar refractivity (Wildman–Crippen MR) is 58.8 cm³/mol. The van der Waals surface area contributed by atoms with Crippen LogP contribution < -0.4 is 0 Å². The van der Waals surface area contributed by atoms with Crippen LogP contribution in [0.15, 0.2) is 36.9 Å². The van der Waals surface area contributed by atoms with Gasteiger partial charge in [0.1, 0.15) is 5.82 Å². The third kappa shape index (κ3) is 1.97. The van der Waals surface area contributed by atoms with Crippen LogP contribution in [-0.4, -0.2) is 14.7 Å². The lowest BCUT2D eigenvalue weighted by molar-refractivity contribution is 0.0782. The molecule has 0 fully saturated rings. The molecule has 0 unspecified atom stereocenters. The van der Waals surface area contributed by atoms with Gasteiger partial charge in [-0.05, 0) is 31.5 Å². The number of benzene rings is 1. The minimum atomic E-state index is -1.03. The molecule has 0 amide bonds. The van der Waals surface area contributed by atoms with Gasteiger partial charge in [0.15, 0.2) is 0 Å². The van der Waals surface area contributed by atoms with Crippen LogP contribution in [0.5, 0.6) is 0 Å². The van der Waals surface area contributed by atoms with Gasteiger partial charge in [-0.25, -0.2) is 9.37 Å². The average Bonchev–Trinajstić information content (AvgIpc) is 2.69. The third-order valence-corrected chi connectivity index (χ3v) is 2.44. The molecule has 84 valence electrons. The molecule has 1 N–H and O–H groups in total. The summed E-state index contributed by atoms with van der Waals surface area (Å²) in [6, 6.07) is 4.68. The molecular weight excluding hydrogens is 207 g/mol. The smallest absolute Gasteiger partial charge is 0.147 e. The largest absolute Gasteiger partial charge is 0.386 e. The predicted octanol–water partition coefficient (Wildman–Crippen LogP) is 2.24. The SMILES string of the molecule is CC(C)(O)c1ccc(-n2ccnc2)c(F)c1. The zero-order valence-electron chi connectivity index (χ0n) is 9.18. The third-order valence-electron chi connectivity index (χ3n) is 2.44. The Balaban J connectivity index is 2.46. The van der Waals surface area contributed by atoms with Crippen molar-refractivity contribution in [1.29, 1.82) is 0 Å². The van der Waals surface area contributed by atoms with Crippen LogP contribution in [0.3, 0.4) is 0 Å². The minimum Gasteiger partial charge on any atom is -0.386 e. The molecule has 16 heavy (non-hydrogen) atoms. The van der Waals surface area contributed by atoms with E-state index < -0.39 is 5.60 Å². The highest BCUT2D eigenvalue weighted by atomic mass is 19.1. The molecule has 0 radical (unpaired) electrons. The first kappa shape index (κ1) is 10.8. The molecule has 0 spiro atoms. The fourth-order valence-corrected chi connectivity index (χ4v) is 1.50. The van der Waals surface area contributed by atoms with E-state index in [4.69, 9.17) is 0 Å². The van der Waals surface area contributed by atoms with Gasteiger partial charge in [-0.1, -0.05) is 6.07 Å². The van der Waals surface area contributed by atoms with Crippen LogP contribution >= 0.6 is 0 Å². The summed E-state index contributed by atoms with van der Waals surface area (Å²) in [5.41, 5.74) is -0.0618. The van der Waals surface area contributed by atoms with Gasteiger partial charge in [-0.15, -0.1) is 0 Å². The van der Waals surface area contributed by atoms with E-state index in [1.165, 1.54) is 12.4 Å². The van der Waals surface area contributed by atoms with E-state index in [1.807, 2.05) is 0 Å². The maximum absolute atomic E-state index is 13.8. The van der Waals surface area contributed by atoms with E-state index in [1.54, 1.807) is 42.9 Å². The number of rotatable bonds is 2. The molecule has 0 bridgehead atoms. The first-order chi connectivity index (χ1) is 7.48. The van der Waals surface area contributed by atoms with Crippen LogP contribution in [-0.2, 0) is 5.60 Å². The summed E-state index contributed by atoms with van der Waals surface area (Å²) < 4.78 is 15.4. The average molecular weight is 220 g/mol. The summed E-state index contributed by atoms with van der Waals surface area (Å²) in [4.78, 5) is 3.86. The number of halogens is 1. The van der Waals surface area contributed by atoms with E-state index in [0.29, 0.717) is 11.3 Å². The van der Waals surface area contributed by atoms with Crippen LogP contribution in [0.1, 0.15) is 19.4 Å². The van der Waals surface area contributed by atoms with E-state index in [-0.39, 0.29) is 5.82 Å². The number of aromatic nitrogens is 2. The highest BCUT2D eigenvalue weighted by molar-refractivity contribution is 5.38. The summed E-state index contributed by atoms with van der Waals surface area (Å²) in [5.74, 6) is -0.377. The van der Waals surface area contributed by atoms with Gasteiger partial charge < -0.3 is 9.67 Å². The Bertz CT molecular complexity index is 486. The van der Waals surface area contributed by atoms with Gasteiger partial charge in [0, 0.05) is 12.4 Å². The summed E-state index contributed by atoms with van der Waals surface area (Å²) in [5, 5.41) is 9.75. The molecule has 0 saturated carbocycles. The monoisotopic (exact) mass is 220 g/mol. The van der Waals surface area contributed by atoms with Crippen LogP contribution in [0, 0.1) is 5.82 Å². The molecule has 3 nitrogen and oxygen atoms in total. The summed E-state index contributed by atoms with van der Waals surface area (Å²) >= 11 is 0. The van der Waals surface area contributed by atoms with Gasteiger partial charge in [-0.2, -0.15) is 0 Å². The van der Waals surface area contributed by atoms with Gasteiger partial charge in [-0.3, -0.25) is 0 Å². The molecule has 0 saturated heterocycles. The molecular formula is C12H13FN2O. The van der Waals surface area contributed by atoms with Crippen LogP contribution in [0.25, 0.3) is 5.69 Å². The lowest BCUT2D eigenvalue weighted by atomic mass is 9.98. The number of hydrogen-bond donors (Lipinski definition) is 1. The molecule has 0 aliphatic rings. The number of hydrogen-bond acceptors (Lipinski definition) is 2. The van der Waals surface area contributed by atoms with Crippen molar-refractivity contribution in [2.75, 3.05) is 0 Å². The molecule has 2 aromatic rings. The fourth-order valence-electron chi connectivity index (χ4n) is 1.50. The van der Waals surface area contributed by atoms with Crippen molar-refractivity contribution in [1.82, 2.24) is 9.55 Å². The van der Waals surface area contributed by atoms with Gasteiger partial charge in [0.25, 0.3) is 0 Å². The summed E-state index contributed by atoms with van der Waals surface area (Å²) in [6.45, 7) is 3.25. The van der Waals surface area contributed by atoms with Gasteiger partial charge >= 0.3 is 0 Å². The summed E-state index contributed by atoms with van der Waals surface area (Å²) in [7, 11) is 0. The van der Waals surface area contributed by atoms with Crippen molar-refractivity contribution >= 4 is 0 Å². The maximum Gasteiger partial charge on any atom is 0.147 e. The zero-order chi connectivity index (χ0) is 11.8. The Morgan fingerprint density at radius 3 is 2.62 bits per heavy atom. The highest BCUT2D eigenvalue weighted by Gasteiger charge is 2.17. The Labute approximate surface area is 93.2 Å². The van der Waals surface area contributed by atoms with E-state index in [0.717, 1.165) is 0 Å². The lowest BCUT2D eigenvalue weighted by Gasteiger charge is -2.18. The second kappa shape index (κ2) is 3.72. The zero-order valence-corrected chi connectivity index (χ0v) is 9.18. The molecule has 0 aliphatic carbocycles. The van der Waals surface area contributed by atoms with E-state index in [9.17, 15) is 9.50 Å².